The smallest absolute Gasteiger partial charge is 0.456 e. The number of benzene rings is 5. The number of aromatic nitrogens is 4. The van der Waals surface area contributed by atoms with Crippen LogP contribution in [0.25, 0.3) is 76.9 Å². The Morgan fingerprint density at radius 2 is 1.41 bits per heavy atom. The van der Waals surface area contributed by atoms with Gasteiger partial charge in [-0.1, -0.05) is 58.4 Å². The van der Waals surface area contributed by atoms with Crippen LogP contribution in [-0.2, 0) is 20.4 Å². The average Bonchev–Trinajstić information content (AvgIpc) is 3.81. The number of pyridine rings is 2. The molecular weight excluding hydrogens is 666 g/mol. The second-order valence-corrected chi connectivity index (χ2v) is 11.4. The van der Waals surface area contributed by atoms with E-state index >= 15 is 4.39 Å². The number of imidazole rings is 1. The van der Waals surface area contributed by atoms with E-state index in [1.165, 1.54) is 0 Å². The number of para-hydroxylation sites is 2. The van der Waals surface area contributed by atoms with Gasteiger partial charge in [0, 0.05) is 51.7 Å². The van der Waals surface area contributed by atoms with Crippen molar-refractivity contribution in [3.8, 4) is 5.69 Å². The SMILES string of the molecule is FC(c1[c-]c(-n2c3cc4oc5ccccc5c4cc3c3cccnc32)ccc1)c1[c-]c2c(cc1)c1ccccc1n1ccnc21.[Pd+2]. The third-order valence-corrected chi connectivity index (χ3v) is 8.90. The Kier molecular flexibility index (Phi) is 5.92. The van der Waals surface area contributed by atoms with Crippen molar-refractivity contribution >= 4 is 71.2 Å². The van der Waals surface area contributed by atoms with Gasteiger partial charge < -0.3 is 13.4 Å². The number of hydrogen-bond acceptors (Lipinski definition) is 3. The van der Waals surface area contributed by atoms with Crippen LogP contribution in [0.5, 0.6) is 0 Å². The molecular formula is C39H21FN4OPd. The second kappa shape index (κ2) is 10.1. The van der Waals surface area contributed by atoms with Crippen LogP contribution in [-0.4, -0.2) is 18.9 Å². The zero-order valence-electron chi connectivity index (χ0n) is 24.0. The minimum Gasteiger partial charge on any atom is -0.456 e. The third kappa shape index (κ3) is 3.76. The number of rotatable bonds is 3. The Bertz CT molecular complexity index is 2810. The zero-order valence-corrected chi connectivity index (χ0v) is 25.6. The third-order valence-electron chi connectivity index (χ3n) is 8.90. The maximum atomic E-state index is 16.5. The number of fused-ring (bicyclic) bond motifs is 12. The van der Waals surface area contributed by atoms with E-state index in [2.05, 4.69) is 53.5 Å². The van der Waals surface area contributed by atoms with Crippen molar-refractivity contribution in [2.75, 3.05) is 0 Å². The molecule has 0 saturated carbocycles. The van der Waals surface area contributed by atoms with Crippen LogP contribution < -0.4 is 0 Å². The topological polar surface area (TPSA) is 48.3 Å². The standard InChI is InChI=1S/C39H21FN4O.Pd/c40-37(24-14-15-26-27-9-1-3-12-33(27)43-18-17-42-38(43)32(26)20-24)23-7-5-8-25(19-23)44-34-22-36-31(28-10-2-4-13-35(28)45-36)21-30(34)29-11-6-16-41-39(29)44;/h1-18,21-22,37H;/q-2;+2. The number of nitrogens with zero attached hydrogens (tertiary/aromatic N) is 4. The fraction of sp³-hybridized carbons (Fsp3) is 0.0256. The summed E-state index contributed by atoms with van der Waals surface area (Å²) >= 11 is 0. The first kappa shape index (κ1) is 27.0. The van der Waals surface area contributed by atoms with Gasteiger partial charge in [0.2, 0.25) is 0 Å². The average molecular weight is 687 g/mol. The molecule has 0 aliphatic rings. The summed E-state index contributed by atoms with van der Waals surface area (Å²) in [5, 5.41) is 7.03. The zero-order chi connectivity index (χ0) is 29.6. The quantitative estimate of drug-likeness (QED) is 0.106. The van der Waals surface area contributed by atoms with Crippen molar-refractivity contribution in [2.24, 2.45) is 0 Å². The molecule has 10 rings (SSSR count). The minimum atomic E-state index is -1.45. The van der Waals surface area contributed by atoms with Crippen molar-refractivity contribution in [2.45, 2.75) is 6.17 Å². The van der Waals surface area contributed by atoms with E-state index in [9.17, 15) is 0 Å². The van der Waals surface area contributed by atoms with Crippen LogP contribution in [0.4, 0.5) is 4.39 Å². The number of furan rings is 1. The normalized spacial score (nSPS) is 12.6. The van der Waals surface area contributed by atoms with E-state index in [4.69, 9.17) is 9.40 Å². The fourth-order valence-electron chi connectivity index (χ4n) is 6.88. The Labute approximate surface area is 275 Å². The monoisotopic (exact) mass is 686 g/mol. The van der Waals surface area contributed by atoms with Crippen molar-refractivity contribution < 1.29 is 29.2 Å². The van der Waals surface area contributed by atoms with E-state index in [-0.39, 0.29) is 20.4 Å². The molecule has 0 fully saturated rings. The van der Waals surface area contributed by atoms with Gasteiger partial charge in [0.25, 0.3) is 0 Å². The van der Waals surface area contributed by atoms with Gasteiger partial charge in [0.15, 0.2) is 0 Å². The van der Waals surface area contributed by atoms with Gasteiger partial charge in [0.05, 0.1) is 11.2 Å². The van der Waals surface area contributed by atoms with Gasteiger partial charge in [-0.25, -0.2) is 9.37 Å². The summed E-state index contributed by atoms with van der Waals surface area (Å²) in [7, 11) is 0. The molecule has 0 N–H and O–H groups in total. The summed E-state index contributed by atoms with van der Waals surface area (Å²) in [5.74, 6) is 0. The maximum Gasteiger partial charge on any atom is 2.00 e. The van der Waals surface area contributed by atoms with Crippen LogP contribution in [0.1, 0.15) is 17.3 Å². The molecule has 1 unspecified atom stereocenters. The van der Waals surface area contributed by atoms with Gasteiger partial charge in [-0.15, -0.1) is 29.8 Å². The number of alkyl halides is 1. The summed E-state index contributed by atoms with van der Waals surface area (Å²) < 4.78 is 26.8. The molecule has 220 valence electrons. The summed E-state index contributed by atoms with van der Waals surface area (Å²) in [6.07, 6.45) is 4.04. The molecule has 5 nitrogen and oxygen atoms in total. The molecule has 5 aromatic carbocycles. The van der Waals surface area contributed by atoms with Crippen molar-refractivity contribution in [1.82, 2.24) is 18.9 Å². The summed E-state index contributed by atoms with van der Waals surface area (Å²) in [5.41, 5.74) is 6.68. The summed E-state index contributed by atoms with van der Waals surface area (Å²) in [6.45, 7) is 0. The molecule has 7 heteroatoms. The van der Waals surface area contributed by atoms with Gasteiger partial charge >= 0.3 is 20.4 Å². The predicted octanol–water partition coefficient (Wildman–Crippen LogP) is 9.69. The molecule has 0 spiro atoms. The molecule has 0 amide bonds. The van der Waals surface area contributed by atoms with Gasteiger partial charge in [0.1, 0.15) is 23.0 Å². The number of hydrogen-bond donors (Lipinski definition) is 0. The molecule has 5 heterocycles. The maximum absolute atomic E-state index is 16.5. The molecule has 1 atom stereocenters. The summed E-state index contributed by atoms with van der Waals surface area (Å²) in [6, 6.07) is 40.6. The minimum absolute atomic E-state index is 0. The van der Waals surface area contributed by atoms with E-state index in [1.807, 2.05) is 75.8 Å². The molecule has 0 aliphatic heterocycles. The van der Waals surface area contributed by atoms with E-state index in [0.717, 1.165) is 71.2 Å². The molecule has 0 bridgehead atoms. The first-order valence-corrected chi connectivity index (χ1v) is 14.8. The van der Waals surface area contributed by atoms with Crippen LogP contribution in [0.15, 0.2) is 126 Å². The number of halogens is 1. The Hall–Kier alpha value is -5.35. The van der Waals surface area contributed by atoms with Crippen molar-refractivity contribution in [1.29, 1.82) is 0 Å². The molecule has 46 heavy (non-hydrogen) atoms. The van der Waals surface area contributed by atoms with Crippen molar-refractivity contribution in [3.63, 3.8) is 0 Å². The van der Waals surface area contributed by atoms with Gasteiger partial charge in [-0.05, 0) is 35.7 Å². The van der Waals surface area contributed by atoms with Crippen LogP contribution in [0.3, 0.4) is 0 Å². The predicted molar refractivity (Wildman–Crippen MR) is 177 cm³/mol. The fourth-order valence-corrected chi connectivity index (χ4v) is 6.88. The first-order valence-electron chi connectivity index (χ1n) is 14.8. The molecule has 5 aromatic heterocycles. The van der Waals surface area contributed by atoms with E-state index < -0.39 is 6.17 Å². The van der Waals surface area contributed by atoms with E-state index in [1.54, 1.807) is 18.5 Å². The summed E-state index contributed by atoms with van der Waals surface area (Å²) in [4.78, 5) is 9.35. The van der Waals surface area contributed by atoms with Crippen molar-refractivity contribution in [3.05, 3.63) is 145 Å². The Morgan fingerprint density at radius 1 is 0.609 bits per heavy atom. The molecule has 0 saturated heterocycles. The first-order chi connectivity index (χ1) is 22.2. The molecule has 0 radical (unpaired) electrons. The van der Waals surface area contributed by atoms with Gasteiger partial charge in [-0.3, -0.25) is 4.98 Å². The largest absolute Gasteiger partial charge is 2.00 e. The second-order valence-electron chi connectivity index (χ2n) is 11.4. The molecule has 10 aromatic rings. The van der Waals surface area contributed by atoms with Crippen LogP contribution >= 0.6 is 0 Å². The Balaban J connectivity index is 0.00000292. The van der Waals surface area contributed by atoms with Crippen LogP contribution in [0, 0.1) is 12.1 Å². The van der Waals surface area contributed by atoms with Gasteiger partial charge in [-0.2, -0.15) is 18.2 Å². The van der Waals surface area contributed by atoms with Crippen LogP contribution in [0.2, 0.25) is 0 Å². The Morgan fingerprint density at radius 3 is 2.35 bits per heavy atom. The molecule has 0 aliphatic carbocycles. The van der Waals surface area contributed by atoms with E-state index in [0.29, 0.717) is 16.8 Å².